The number of methoxy groups -OCH3 is 1. The molecule has 0 radical (unpaired) electrons. The molecule has 1 aromatic rings. The Bertz CT molecular complexity index is 484. The summed E-state index contributed by atoms with van der Waals surface area (Å²) in [4.78, 5) is 14.0. The van der Waals surface area contributed by atoms with Gasteiger partial charge in [0.15, 0.2) is 0 Å². The Morgan fingerprint density at radius 3 is 3.10 bits per heavy atom. The number of morpholine rings is 1. The molecule has 1 aliphatic heterocycles. The van der Waals surface area contributed by atoms with Gasteiger partial charge in [0, 0.05) is 25.2 Å². The first kappa shape index (κ1) is 16.1. The predicted octanol–water partition coefficient (Wildman–Crippen LogP) is 2.46. The summed E-state index contributed by atoms with van der Waals surface area (Å²) >= 11 is 5.98. The molecule has 1 saturated heterocycles. The molecular formula is C15H21ClN2O3. The number of carbonyl (C=O) groups is 1. The second-order valence-electron chi connectivity index (χ2n) is 5.08. The summed E-state index contributed by atoms with van der Waals surface area (Å²) in [5.74, 6) is 0. The topological polar surface area (TPSA) is 50.8 Å². The van der Waals surface area contributed by atoms with Crippen molar-refractivity contribution in [1.29, 1.82) is 0 Å². The van der Waals surface area contributed by atoms with Crippen LogP contribution in [-0.4, -0.2) is 50.4 Å². The van der Waals surface area contributed by atoms with Gasteiger partial charge in [-0.3, -0.25) is 0 Å². The van der Waals surface area contributed by atoms with Crippen LogP contribution in [0.25, 0.3) is 0 Å². The van der Waals surface area contributed by atoms with Crippen LogP contribution < -0.4 is 5.32 Å². The molecule has 21 heavy (non-hydrogen) atoms. The molecule has 0 aromatic heterocycles. The fraction of sp³-hybridized carbons (Fsp3) is 0.533. The average molecular weight is 313 g/mol. The van der Waals surface area contributed by atoms with Crippen molar-refractivity contribution in [2.75, 3.05) is 33.4 Å². The molecule has 0 aliphatic carbocycles. The smallest absolute Gasteiger partial charge is 0.317 e. The normalized spacial score (nSPS) is 20.1. The summed E-state index contributed by atoms with van der Waals surface area (Å²) in [6.07, 6.45) is -0.219. The molecule has 2 rings (SSSR count). The summed E-state index contributed by atoms with van der Waals surface area (Å²) in [5.41, 5.74) is 0.945. The number of halogens is 1. The van der Waals surface area contributed by atoms with Crippen molar-refractivity contribution in [1.82, 2.24) is 10.2 Å². The first-order chi connectivity index (χ1) is 10.1. The fourth-order valence-corrected chi connectivity index (χ4v) is 2.55. The maximum atomic E-state index is 12.2. The molecule has 1 heterocycles. The highest BCUT2D eigenvalue weighted by molar-refractivity contribution is 6.30. The molecule has 2 unspecified atom stereocenters. The van der Waals surface area contributed by atoms with E-state index >= 15 is 0 Å². The Balaban J connectivity index is 1.92. The lowest BCUT2D eigenvalue weighted by atomic mass is 10.1. The Morgan fingerprint density at radius 2 is 2.43 bits per heavy atom. The number of ether oxygens (including phenoxy) is 2. The first-order valence-corrected chi connectivity index (χ1v) is 7.40. The molecule has 5 nitrogen and oxygen atoms in total. The zero-order valence-corrected chi connectivity index (χ0v) is 13.1. The standard InChI is InChI=1S/C15H21ClN2O3/c1-11-10-21-7-6-18(11)15(19)17-9-14(20-2)12-4-3-5-13(16)8-12/h3-5,8,11,14H,6-7,9-10H2,1-2H3,(H,17,19). The van der Waals surface area contributed by atoms with Crippen molar-refractivity contribution in [3.8, 4) is 0 Å². The number of nitrogens with zero attached hydrogens (tertiary/aromatic N) is 1. The number of carbonyl (C=O) groups excluding carboxylic acids is 1. The van der Waals surface area contributed by atoms with E-state index in [-0.39, 0.29) is 18.2 Å². The number of benzene rings is 1. The van der Waals surface area contributed by atoms with E-state index in [1.165, 1.54) is 0 Å². The van der Waals surface area contributed by atoms with Crippen LogP contribution in [-0.2, 0) is 9.47 Å². The highest BCUT2D eigenvalue weighted by Crippen LogP contribution is 2.20. The van der Waals surface area contributed by atoms with Gasteiger partial charge in [-0.25, -0.2) is 4.79 Å². The van der Waals surface area contributed by atoms with E-state index in [9.17, 15) is 4.79 Å². The zero-order valence-electron chi connectivity index (χ0n) is 12.3. The Labute approximate surface area is 130 Å². The zero-order chi connectivity index (χ0) is 15.2. The highest BCUT2D eigenvalue weighted by Gasteiger charge is 2.24. The van der Waals surface area contributed by atoms with Crippen LogP contribution in [0.1, 0.15) is 18.6 Å². The van der Waals surface area contributed by atoms with Crippen molar-refractivity contribution in [2.24, 2.45) is 0 Å². The Hall–Kier alpha value is -1.30. The quantitative estimate of drug-likeness (QED) is 0.929. The number of nitrogens with one attached hydrogen (secondary N) is 1. The third-order valence-electron chi connectivity index (χ3n) is 3.57. The van der Waals surface area contributed by atoms with Crippen LogP contribution in [0.4, 0.5) is 4.79 Å². The SMILES string of the molecule is COC(CNC(=O)N1CCOCC1C)c1cccc(Cl)c1. The van der Waals surface area contributed by atoms with Crippen LogP contribution in [0.2, 0.25) is 5.02 Å². The lowest BCUT2D eigenvalue weighted by molar-refractivity contribution is 0.0177. The molecule has 0 bridgehead atoms. The first-order valence-electron chi connectivity index (χ1n) is 7.02. The Kier molecular flexibility index (Phi) is 5.85. The third kappa shape index (κ3) is 4.33. The monoisotopic (exact) mass is 312 g/mol. The van der Waals surface area contributed by atoms with E-state index in [0.717, 1.165) is 5.56 Å². The number of amides is 2. The van der Waals surface area contributed by atoms with E-state index in [0.29, 0.717) is 31.3 Å². The molecule has 2 amide bonds. The predicted molar refractivity (Wildman–Crippen MR) is 81.6 cm³/mol. The highest BCUT2D eigenvalue weighted by atomic mass is 35.5. The van der Waals surface area contributed by atoms with Gasteiger partial charge in [-0.15, -0.1) is 0 Å². The van der Waals surface area contributed by atoms with Gasteiger partial charge >= 0.3 is 6.03 Å². The summed E-state index contributed by atoms with van der Waals surface area (Å²) < 4.78 is 10.8. The summed E-state index contributed by atoms with van der Waals surface area (Å²) in [7, 11) is 1.62. The van der Waals surface area contributed by atoms with Gasteiger partial charge in [0.25, 0.3) is 0 Å². The second-order valence-corrected chi connectivity index (χ2v) is 5.52. The van der Waals surface area contributed by atoms with E-state index in [1.54, 1.807) is 12.0 Å². The summed E-state index contributed by atoms with van der Waals surface area (Å²) in [6.45, 7) is 4.15. The molecule has 1 N–H and O–H groups in total. The number of hydrogen-bond acceptors (Lipinski definition) is 3. The lowest BCUT2D eigenvalue weighted by Crippen LogP contribution is -2.51. The minimum atomic E-state index is -0.219. The van der Waals surface area contributed by atoms with Crippen molar-refractivity contribution >= 4 is 17.6 Å². The Morgan fingerprint density at radius 1 is 1.62 bits per heavy atom. The maximum absolute atomic E-state index is 12.2. The molecule has 1 aliphatic rings. The van der Waals surface area contributed by atoms with Gasteiger partial charge in [0.05, 0.1) is 25.4 Å². The van der Waals surface area contributed by atoms with Crippen LogP contribution in [0, 0.1) is 0 Å². The minimum absolute atomic E-state index is 0.0881. The van der Waals surface area contributed by atoms with Gasteiger partial charge in [-0.1, -0.05) is 23.7 Å². The van der Waals surface area contributed by atoms with Crippen molar-refractivity contribution in [3.63, 3.8) is 0 Å². The molecule has 2 atom stereocenters. The summed E-state index contributed by atoms with van der Waals surface area (Å²) in [5, 5.41) is 3.57. The third-order valence-corrected chi connectivity index (χ3v) is 3.81. The second kappa shape index (κ2) is 7.64. The number of hydrogen-bond donors (Lipinski definition) is 1. The van der Waals surface area contributed by atoms with Gasteiger partial charge in [-0.05, 0) is 24.6 Å². The van der Waals surface area contributed by atoms with Gasteiger partial charge < -0.3 is 19.7 Å². The van der Waals surface area contributed by atoms with Gasteiger partial charge in [-0.2, -0.15) is 0 Å². The molecule has 116 valence electrons. The van der Waals surface area contributed by atoms with Gasteiger partial charge in [0.1, 0.15) is 0 Å². The van der Waals surface area contributed by atoms with Crippen molar-refractivity contribution in [3.05, 3.63) is 34.9 Å². The van der Waals surface area contributed by atoms with Crippen LogP contribution in [0.15, 0.2) is 24.3 Å². The fourth-order valence-electron chi connectivity index (χ4n) is 2.35. The molecular weight excluding hydrogens is 292 g/mol. The molecule has 1 fully saturated rings. The van der Waals surface area contributed by atoms with Crippen molar-refractivity contribution < 1.29 is 14.3 Å². The van der Waals surface area contributed by atoms with Crippen molar-refractivity contribution in [2.45, 2.75) is 19.1 Å². The largest absolute Gasteiger partial charge is 0.377 e. The average Bonchev–Trinajstić information content (AvgIpc) is 2.48. The molecule has 6 heteroatoms. The van der Waals surface area contributed by atoms with E-state index in [1.807, 2.05) is 31.2 Å². The number of rotatable bonds is 4. The number of urea groups is 1. The van der Waals surface area contributed by atoms with Crippen LogP contribution in [0.5, 0.6) is 0 Å². The van der Waals surface area contributed by atoms with Crippen LogP contribution in [0.3, 0.4) is 0 Å². The van der Waals surface area contributed by atoms with E-state index < -0.39 is 0 Å². The lowest BCUT2D eigenvalue weighted by Gasteiger charge is -2.33. The molecule has 0 saturated carbocycles. The van der Waals surface area contributed by atoms with Gasteiger partial charge in [0.2, 0.25) is 0 Å². The minimum Gasteiger partial charge on any atom is -0.377 e. The van der Waals surface area contributed by atoms with Crippen LogP contribution >= 0.6 is 11.6 Å². The molecule has 0 spiro atoms. The summed E-state index contributed by atoms with van der Waals surface area (Å²) in [6, 6.07) is 7.46. The van der Waals surface area contributed by atoms with E-state index in [2.05, 4.69) is 5.32 Å². The maximum Gasteiger partial charge on any atom is 0.317 e. The molecule has 1 aromatic carbocycles. The van der Waals surface area contributed by atoms with E-state index in [4.69, 9.17) is 21.1 Å².